The molecule has 0 unspecified atom stereocenters. The lowest BCUT2D eigenvalue weighted by Gasteiger charge is -2.04. The van der Waals surface area contributed by atoms with Crippen LogP contribution in [0.1, 0.15) is 0 Å². The SMILES string of the molecule is NCCOCCOCCOCCN=[NH2+]. The number of nitrogens with two attached hydrogens (primary N) is 2. The van der Waals surface area contributed by atoms with Crippen molar-refractivity contribution >= 4 is 0 Å². The molecule has 0 aromatic carbocycles. The van der Waals surface area contributed by atoms with Crippen LogP contribution in [0, 0.1) is 0 Å². The summed E-state index contributed by atoms with van der Waals surface area (Å²) in [6.07, 6.45) is 0. The van der Waals surface area contributed by atoms with Gasteiger partial charge in [0.05, 0.1) is 39.6 Å². The highest BCUT2D eigenvalue weighted by molar-refractivity contribution is 4.36. The maximum Gasteiger partial charge on any atom is 0.124 e. The zero-order valence-electron chi connectivity index (χ0n) is 8.48. The van der Waals surface area contributed by atoms with Crippen LogP contribution >= 0.6 is 0 Å². The largest absolute Gasteiger partial charge is 0.378 e. The molecule has 6 nitrogen and oxygen atoms in total. The fraction of sp³-hybridized carbons (Fsp3) is 1.00. The third-order valence-electron chi connectivity index (χ3n) is 1.37. The molecule has 0 bridgehead atoms. The molecule has 0 saturated heterocycles. The van der Waals surface area contributed by atoms with E-state index in [4.69, 9.17) is 25.5 Å². The Balaban J connectivity index is 2.81. The van der Waals surface area contributed by atoms with E-state index in [1.165, 1.54) is 0 Å². The molecule has 0 aliphatic heterocycles. The Bertz CT molecular complexity index is 124. The van der Waals surface area contributed by atoms with E-state index >= 15 is 0 Å². The fourth-order valence-corrected chi connectivity index (χ4v) is 0.742. The minimum Gasteiger partial charge on any atom is -0.378 e. The summed E-state index contributed by atoms with van der Waals surface area (Å²) in [5.41, 5.74) is 10.2. The monoisotopic (exact) mass is 206 g/mol. The van der Waals surface area contributed by atoms with Gasteiger partial charge in [-0.05, 0) is 5.11 Å². The Morgan fingerprint density at radius 1 is 0.857 bits per heavy atom. The van der Waals surface area contributed by atoms with Crippen molar-refractivity contribution < 1.29 is 19.7 Å². The zero-order chi connectivity index (χ0) is 10.5. The molecule has 0 saturated carbocycles. The molecule has 0 fully saturated rings. The molecule has 0 rings (SSSR count). The Hall–Kier alpha value is -0.560. The third kappa shape index (κ3) is 11.4. The minimum atomic E-state index is 0.527. The van der Waals surface area contributed by atoms with Crippen molar-refractivity contribution in [2.24, 2.45) is 10.8 Å². The van der Waals surface area contributed by atoms with E-state index in [1.54, 1.807) is 0 Å². The van der Waals surface area contributed by atoms with E-state index in [1.807, 2.05) is 0 Å². The molecule has 0 spiro atoms. The smallest absolute Gasteiger partial charge is 0.124 e. The van der Waals surface area contributed by atoms with Gasteiger partial charge in [-0.1, -0.05) is 0 Å². The van der Waals surface area contributed by atoms with Crippen LogP contribution in [-0.4, -0.2) is 52.7 Å². The summed E-state index contributed by atoms with van der Waals surface area (Å²) in [5.74, 6) is 0. The molecule has 0 atom stereocenters. The molecule has 0 aromatic heterocycles. The highest BCUT2D eigenvalue weighted by Gasteiger charge is 1.90. The van der Waals surface area contributed by atoms with E-state index in [9.17, 15) is 0 Å². The van der Waals surface area contributed by atoms with Crippen LogP contribution in [0.25, 0.3) is 0 Å². The normalized spacial score (nSPS) is 10.4. The summed E-state index contributed by atoms with van der Waals surface area (Å²) in [6, 6.07) is 0. The summed E-state index contributed by atoms with van der Waals surface area (Å²) in [5, 5.41) is 3.41. The van der Waals surface area contributed by atoms with Crippen molar-refractivity contribution in [3.05, 3.63) is 0 Å². The van der Waals surface area contributed by atoms with Gasteiger partial charge in [0.2, 0.25) is 0 Å². The number of hydrogen-bond donors (Lipinski definition) is 2. The van der Waals surface area contributed by atoms with Crippen LogP contribution in [-0.2, 0) is 14.2 Å². The summed E-state index contributed by atoms with van der Waals surface area (Å²) in [6.45, 7) is 4.48. The van der Waals surface area contributed by atoms with Crippen molar-refractivity contribution in [1.82, 2.24) is 0 Å². The summed E-state index contributed by atoms with van der Waals surface area (Å²) >= 11 is 0. The Labute approximate surface area is 84.2 Å². The summed E-state index contributed by atoms with van der Waals surface area (Å²) in [7, 11) is 0. The van der Waals surface area contributed by atoms with Crippen molar-refractivity contribution in [1.29, 1.82) is 0 Å². The maximum absolute atomic E-state index is 5.23. The molecule has 0 amide bonds. The number of ether oxygens (including phenoxy) is 3. The molecule has 0 radical (unpaired) electrons. The molecule has 14 heavy (non-hydrogen) atoms. The van der Waals surface area contributed by atoms with Gasteiger partial charge in [0.25, 0.3) is 0 Å². The van der Waals surface area contributed by atoms with Gasteiger partial charge in [0.15, 0.2) is 0 Å². The van der Waals surface area contributed by atoms with Gasteiger partial charge in [-0.15, -0.1) is 0 Å². The quantitative estimate of drug-likeness (QED) is 0.308. The molecule has 0 heterocycles. The van der Waals surface area contributed by atoms with Gasteiger partial charge in [0.1, 0.15) is 6.54 Å². The molecular weight excluding hydrogens is 186 g/mol. The van der Waals surface area contributed by atoms with Crippen LogP contribution in [0.5, 0.6) is 0 Å². The highest BCUT2D eigenvalue weighted by atomic mass is 16.5. The van der Waals surface area contributed by atoms with Crippen molar-refractivity contribution in [3.63, 3.8) is 0 Å². The Morgan fingerprint density at radius 2 is 1.36 bits per heavy atom. The van der Waals surface area contributed by atoms with Gasteiger partial charge < -0.3 is 19.9 Å². The van der Waals surface area contributed by atoms with Gasteiger partial charge in [0, 0.05) is 6.54 Å². The number of rotatable bonds is 11. The number of nitrogens with zero attached hydrogens (tertiary/aromatic N) is 1. The first-order chi connectivity index (χ1) is 6.91. The zero-order valence-corrected chi connectivity index (χ0v) is 8.48. The van der Waals surface area contributed by atoms with Crippen LogP contribution in [0.4, 0.5) is 0 Å². The second-order valence-electron chi connectivity index (χ2n) is 2.53. The predicted octanol–water partition coefficient (Wildman–Crippen LogP) is -1.79. The Morgan fingerprint density at radius 3 is 1.86 bits per heavy atom. The molecular formula is C8H20N3O3+. The second-order valence-corrected chi connectivity index (χ2v) is 2.53. The van der Waals surface area contributed by atoms with Crippen LogP contribution in [0.2, 0.25) is 0 Å². The lowest BCUT2D eigenvalue weighted by atomic mass is 10.7. The van der Waals surface area contributed by atoms with E-state index in [0.717, 1.165) is 0 Å². The van der Waals surface area contributed by atoms with Gasteiger partial charge in [-0.25, -0.2) is 0 Å². The van der Waals surface area contributed by atoms with Crippen LogP contribution < -0.4 is 11.3 Å². The first-order valence-corrected chi connectivity index (χ1v) is 4.71. The first-order valence-electron chi connectivity index (χ1n) is 4.71. The van der Waals surface area contributed by atoms with E-state index in [2.05, 4.69) is 5.11 Å². The average molecular weight is 206 g/mol. The molecule has 84 valence electrons. The number of hydrogen-bond acceptors (Lipinski definition) is 5. The van der Waals surface area contributed by atoms with E-state index in [-0.39, 0.29) is 0 Å². The lowest BCUT2D eigenvalue weighted by molar-refractivity contribution is -0.223. The van der Waals surface area contributed by atoms with Gasteiger partial charge in [-0.2, -0.15) is 5.53 Å². The van der Waals surface area contributed by atoms with E-state index in [0.29, 0.717) is 52.7 Å². The van der Waals surface area contributed by atoms with Gasteiger partial charge in [-0.3, -0.25) is 0 Å². The molecule has 6 heteroatoms. The standard InChI is InChI=1S/C8H19N3O3/c9-1-3-12-5-7-14-8-6-13-4-2-11-10/h10H,1-9H2/p+1. The first kappa shape index (κ1) is 13.4. The van der Waals surface area contributed by atoms with Gasteiger partial charge >= 0.3 is 0 Å². The fourth-order valence-electron chi connectivity index (χ4n) is 0.742. The third-order valence-corrected chi connectivity index (χ3v) is 1.37. The highest BCUT2D eigenvalue weighted by Crippen LogP contribution is 1.80. The maximum atomic E-state index is 5.23. The van der Waals surface area contributed by atoms with Crippen molar-refractivity contribution in [3.8, 4) is 0 Å². The topological polar surface area (TPSA) is 91.7 Å². The lowest BCUT2D eigenvalue weighted by Crippen LogP contribution is -2.25. The van der Waals surface area contributed by atoms with E-state index < -0.39 is 0 Å². The van der Waals surface area contributed by atoms with Crippen molar-refractivity contribution in [2.75, 3.05) is 52.7 Å². The molecule has 0 aliphatic rings. The molecule has 0 aromatic rings. The van der Waals surface area contributed by atoms with Crippen LogP contribution in [0.3, 0.4) is 0 Å². The molecule has 4 N–H and O–H groups in total. The Kier molecular flexibility index (Phi) is 11.9. The van der Waals surface area contributed by atoms with Crippen LogP contribution in [0.15, 0.2) is 5.11 Å². The minimum absolute atomic E-state index is 0.527. The van der Waals surface area contributed by atoms with Crippen molar-refractivity contribution in [2.45, 2.75) is 0 Å². The summed E-state index contributed by atoms with van der Waals surface area (Å²) in [4.78, 5) is 0. The predicted molar refractivity (Wildman–Crippen MR) is 50.7 cm³/mol. The second kappa shape index (κ2) is 12.4. The summed E-state index contributed by atoms with van der Waals surface area (Å²) < 4.78 is 15.5. The average Bonchev–Trinajstić information content (AvgIpc) is 2.21. The molecule has 0 aliphatic carbocycles.